The normalized spacial score (nSPS) is 24.0. The van der Waals surface area contributed by atoms with E-state index in [-0.39, 0.29) is 0 Å². The number of nitrogens with zero attached hydrogens (tertiary/aromatic N) is 2. The Morgan fingerprint density at radius 1 is 1.47 bits per heavy atom. The number of rotatable bonds is 6. The van der Waals surface area contributed by atoms with E-state index in [1.165, 1.54) is 25.7 Å². The van der Waals surface area contributed by atoms with E-state index in [2.05, 4.69) is 42.3 Å². The molecule has 2 rings (SSSR count). The van der Waals surface area contributed by atoms with Gasteiger partial charge in [0.05, 0.1) is 12.2 Å². The summed E-state index contributed by atoms with van der Waals surface area (Å²) in [4.78, 5) is 2.42. The molecule has 0 aliphatic heterocycles. The van der Waals surface area contributed by atoms with E-state index in [0.29, 0.717) is 6.04 Å². The lowest BCUT2D eigenvalue weighted by Gasteiger charge is -2.33. The smallest absolute Gasteiger partial charge is 0.151 e. The average molecular weight is 265 g/mol. The molecule has 1 fully saturated rings. The van der Waals surface area contributed by atoms with E-state index < -0.39 is 0 Å². The van der Waals surface area contributed by atoms with Crippen molar-refractivity contribution in [2.75, 3.05) is 13.6 Å². The van der Waals surface area contributed by atoms with Gasteiger partial charge in [-0.25, -0.2) is 0 Å². The molecule has 0 aromatic carbocycles. The molecule has 2 unspecified atom stereocenters. The SMILES string of the molecule is CCNCc1cc(CN(C)C2CCCC(C)C2)on1. The maximum absolute atomic E-state index is 5.42. The Hall–Kier alpha value is -0.870. The van der Waals surface area contributed by atoms with Crippen LogP contribution in [0.5, 0.6) is 0 Å². The zero-order chi connectivity index (χ0) is 13.7. The van der Waals surface area contributed by atoms with Gasteiger partial charge in [0, 0.05) is 18.7 Å². The van der Waals surface area contributed by atoms with Crippen LogP contribution in [0, 0.1) is 5.92 Å². The van der Waals surface area contributed by atoms with Gasteiger partial charge in [0.2, 0.25) is 0 Å². The highest BCUT2D eigenvalue weighted by atomic mass is 16.5. The second kappa shape index (κ2) is 7.06. The summed E-state index contributed by atoms with van der Waals surface area (Å²) in [6.45, 7) is 7.09. The third-order valence-electron chi connectivity index (χ3n) is 4.10. The molecule has 108 valence electrons. The maximum Gasteiger partial charge on any atom is 0.151 e. The van der Waals surface area contributed by atoms with Gasteiger partial charge in [-0.15, -0.1) is 0 Å². The van der Waals surface area contributed by atoms with Crippen LogP contribution in [0.25, 0.3) is 0 Å². The summed E-state index contributed by atoms with van der Waals surface area (Å²) in [5, 5.41) is 7.37. The van der Waals surface area contributed by atoms with Gasteiger partial charge in [0.15, 0.2) is 5.76 Å². The minimum absolute atomic E-state index is 0.700. The molecule has 19 heavy (non-hydrogen) atoms. The molecule has 1 heterocycles. The first-order valence-corrected chi connectivity index (χ1v) is 7.54. The van der Waals surface area contributed by atoms with Crippen LogP contribution in [0.3, 0.4) is 0 Å². The summed E-state index contributed by atoms with van der Waals surface area (Å²) in [6.07, 6.45) is 5.38. The highest BCUT2D eigenvalue weighted by Gasteiger charge is 2.23. The molecule has 1 aliphatic carbocycles. The van der Waals surface area contributed by atoms with E-state index in [0.717, 1.165) is 37.0 Å². The zero-order valence-corrected chi connectivity index (χ0v) is 12.5. The first-order valence-electron chi connectivity index (χ1n) is 7.54. The molecule has 0 saturated heterocycles. The van der Waals surface area contributed by atoms with E-state index in [1.807, 2.05) is 0 Å². The molecule has 4 heteroatoms. The lowest BCUT2D eigenvalue weighted by molar-refractivity contribution is 0.145. The van der Waals surface area contributed by atoms with Gasteiger partial charge in [-0.3, -0.25) is 4.90 Å². The van der Waals surface area contributed by atoms with E-state index in [4.69, 9.17) is 4.52 Å². The Balaban J connectivity index is 1.84. The van der Waals surface area contributed by atoms with Crippen molar-refractivity contribution in [1.29, 1.82) is 0 Å². The lowest BCUT2D eigenvalue weighted by atomic mass is 9.86. The van der Waals surface area contributed by atoms with Crippen molar-refractivity contribution in [3.8, 4) is 0 Å². The van der Waals surface area contributed by atoms with Crippen LogP contribution in [-0.2, 0) is 13.1 Å². The summed E-state index contributed by atoms with van der Waals surface area (Å²) in [5.74, 6) is 1.84. The number of aromatic nitrogens is 1. The van der Waals surface area contributed by atoms with Crippen molar-refractivity contribution < 1.29 is 4.52 Å². The van der Waals surface area contributed by atoms with E-state index in [9.17, 15) is 0 Å². The highest BCUT2D eigenvalue weighted by molar-refractivity contribution is 5.05. The lowest BCUT2D eigenvalue weighted by Crippen LogP contribution is -2.34. The summed E-state index contributed by atoms with van der Waals surface area (Å²) in [6, 6.07) is 2.77. The molecule has 1 aliphatic rings. The molecule has 1 saturated carbocycles. The molecule has 0 amide bonds. The van der Waals surface area contributed by atoms with Gasteiger partial charge in [-0.05, 0) is 32.4 Å². The predicted molar refractivity (Wildman–Crippen MR) is 76.8 cm³/mol. The monoisotopic (exact) mass is 265 g/mol. The Morgan fingerprint density at radius 2 is 2.32 bits per heavy atom. The third kappa shape index (κ3) is 4.32. The maximum atomic E-state index is 5.42. The standard InChI is InChI=1S/C15H27N3O/c1-4-16-10-13-9-15(19-17-13)11-18(3)14-7-5-6-12(2)8-14/h9,12,14,16H,4-8,10-11H2,1-3H3. The molecule has 4 nitrogen and oxygen atoms in total. The first-order chi connectivity index (χ1) is 9.19. The summed E-state index contributed by atoms with van der Waals surface area (Å²) >= 11 is 0. The summed E-state index contributed by atoms with van der Waals surface area (Å²) in [7, 11) is 2.20. The number of nitrogens with one attached hydrogen (secondary N) is 1. The van der Waals surface area contributed by atoms with Crippen molar-refractivity contribution >= 4 is 0 Å². The van der Waals surface area contributed by atoms with Crippen molar-refractivity contribution in [2.24, 2.45) is 5.92 Å². The zero-order valence-electron chi connectivity index (χ0n) is 12.5. The predicted octanol–water partition coefficient (Wildman–Crippen LogP) is 2.79. The fourth-order valence-electron chi connectivity index (χ4n) is 2.94. The van der Waals surface area contributed by atoms with Crippen molar-refractivity contribution in [2.45, 2.75) is 58.7 Å². The van der Waals surface area contributed by atoms with Gasteiger partial charge in [0.25, 0.3) is 0 Å². The Labute approximate surface area is 116 Å². The largest absolute Gasteiger partial charge is 0.360 e. The number of hydrogen-bond donors (Lipinski definition) is 1. The Bertz CT molecular complexity index is 377. The fourth-order valence-corrected chi connectivity index (χ4v) is 2.94. The quantitative estimate of drug-likeness (QED) is 0.858. The van der Waals surface area contributed by atoms with Crippen molar-refractivity contribution in [3.05, 3.63) is 17.5 Å². The molecule has 2 atom stereocenters. The van der Waals surface area contributed by atoms with E-state index >= 15 is 0 Å². The highest BCUT2D eigenvalue weighted by Crippen LogP contribution is 2.27. The molecule has 1 N–H and O–H groups in total. The van der Waals surface area contributed by atoms with Crippen LogP contribution in [0.2, 0.25) is 0 Å². The van der Waals surface area contributed by atoms with Gasteiger partial charge in [-0.2, -0.15) is 0 Å². The molecule has 1 aromatic heterocycles. The van der Waals surface area contributed by atoms with Gasteiger partial charge < -0.3 is 9.84 Å². The van der Waals surface area contributed by atoms with Crippen LogP contribution in [0.4, 0.5) is 0 Å². The molecule has 1 aromatic rings. The van der Waals surface area contributed by atoms with Crippen molar-refractivity contribution in [1.82, 2.24) is 15.4 Å². The molecule has 0 spiro atoms. The molecular weight excluding hydrogens is 238 g/mol. The van der Waals surface area contributed by atoms with E-state index in [1.54, 1.807) is 0 Å². The minimum atomic E-state index is 0.700. The van der Waals surface area contributed by atoms with Gasteiger partial charge in [0.1, 0.15) is 0 Å². The fraction of sp³-hybridized carbons (Fsp3) is 0.800. The first kappa shape index (κ1) is 14.5. The minimum Gasteiger partial charge on any atom is -0.360 e. The Kier molecular flexibility index (Phi) is 5.40. The van der Waals surface area contributed by atoms with Gasteiger partial charge in [-0.1, -0.05) is 31.8 Å². The van der Waals surface area contributed by atoms with Crippen LogP contribution < -0.4 is 5.32 Å². The second-order valence-electron chi connectivity index (χ2n) is 5.91. The van der Waals surface area contributed by atoms with Crippen LogP contribution >= 0.6 is 0 Å². The number of hydrogen-bond acceptors (Lipinski definition) is 4. The summed E-state index contributed by atoms with van der Waals surface area (Å²) in [5.41, 5.74) is 1.00. The second-order valence-corrected chi connectivity index (χ2v) is 5.91. The third-order valence-corrected chi connectivity index (χ3v) is 4.10. The van der Waals surface area contributed by atoms with Crippen LogP contribution in [0.15, 0.2) is 10.6 Å². The molecular formula is C15H27N3O. The van der Waals surface area contributed by atoms with Crippen molar-refractivity contribution in [3.63, 3.8) is 0 Å². The average Bonchev–Trinajstić information content (AvgIpc) is 2.84. The molecule has 0 radical (unpaired) electrons. The summed E-state index contributed by atoms with van der Waals surface area (Å²) < 4.78 is 5.42. The molecule has 0 bridgehead atoms. The van der Waals surface area contributed by atoms with Gasteiger partial charge >= 0.3 is 0 Å². The Morgan fingerprint density at radius 3 is 3.05 bits per heavy atom. The topological polar surface area (TPSA) is 41.3 Å². The van der Waals surface area contributed by atoms with Crippen LogP contribution in [0.1, 0.15) is 51.0 Å². The van der Waals surface area contributed by atoms with Crippen LogP contribution in [-0.4, -0.2) is 29.7 Å².